The Hall–Kier alpha value is -1.64. The van der Waals surface area contributed by atoms with E-state index in [1.54, 1.807) is 7.11 Å². The number of aromatic nitrogens is 2. The first kappa shape index (κ1) is 19.7. The van der Waals surface area contributed by atoms with E-state index in [0.29, 0.717) is 0 Å². The van der Waals surface area contributed by atoms with E-state index in [1.165, 1.54) is 18.4 Å². The molecule has 1 atom stereocenters. The quantitative estimate of drug-likeness (QED) is 0.574. The molecule has 0 N–H and O–H groups in total. The molecule has 2 rings (SSSR count). The average molecular weight is 343 g/mol. The monoisotopic (exact) mass is 342 g/mol. The average Bonchev–Trinajstić information content (AvgIpc) is 2.64. The second-order valence-electron chi connectivity index (χ2n) is 8.06. The summed E-state index contributed by atoms with van der Waals surface area (Å²) in [6.45, 7) is 13.5. The molecule has 25 heavy (non-hydrogen) atoms. The number of methoxy groups -OCH3 is 1. The molecule has 1 unspecified atom stereocenters. The molecule has 1 aromatic carbocycles. The molecule has 3 nitrogen and oxygen atoms in total. The van der Waals surface area contributed by atoms with Gasteiger partial charge in [0.1, 0.15) is 11.3 Å². The molecule has 0 saturated heterocycles. The van der Waals surface area contributed by atoms with Crippen LogP contribution in [0.2, 0.25) is 0 Å². The standard InChI is InChI=1S/C22H34N2O/c1-8-11-12-22(6,10-3)19-15-23-17-13-16(21(4,5)9-2)14-18(25-7)20(17)24-19/h13-15H,8-12H2,1-7H3. The number of hydrogen-bond acceptors (Lipinski definition) is 3. The molecule has 0 fully saturated rings. The number of benzene rings is 1. The van der Waals surface area contributed by atoms with Gasteiger partial charge in [-0.3, -0.25) is 4.98 Å². The van der Waals surface area contributed by atoms with Crippen LogP contribution in [0.3, 0.4) is 0 Å². The Bertz CT molecular complexity index is 723. The highest BCUT2D eigenvalue weighted by Crippen LogP contribution is 2.36. The fraction of sp³-hybridized carbons (Fsp3) is 0.636. The van der Waals surface area contributed by atoms with Gasteiger partial charge in [-0.05, 0) is 42.4 Å². The zero-order valence-corrected chi connectivity index (χ0v) is 17.1. The minimum atomic E-state index is 0.0730. The van der Waals surface area contributed by atoms with Gasteiger partial charge in [-0.15, -0.1) is 0 Å². The lowest BCUT2D eigenvalue weighted by Crippen LogP contribution is -2.23. The van der Waals surface area contributed by atoms with Crippen LogP contribution in [0, 0.1) is 0 Å². The lowest BCUT2D eigenvalue weighted by Gasteiger charge is -2.28. The van der Waals surface area contributed by atoms with Gasteiger partial charge in [0, 0.05) is 11.6 Å². The van der Waals surface area contributed by atoms with Crippen LogP contribution in [0.1, 0.15) is 84.9 Å². The summed E-state index contributed by atoms with van der Waals surface area (Å²) in [4.78, 5) is 9.78. The summed E-state index contributed by atoms with van der Waals surface area (Å²) >= 11 is 0. The maximum atomic E-state index is 5.69. The number of fused-ring (bicyclic) bond motifs is 1. The summed E-state index contributed by atoms with van der Waals surface area (Å²) in [7, 11) is 1.72. The predicted octanol–water partition coefficient (Wildman–Crippen LogP) is 6.18. The lowest BCUT2D eigenvalue weighted by atomic mass is 9.79. The second-order valence-corrected chi connectivity index (χ2v) is 8.06. The van der Waals surface area contributed by atoms with Crippen LogP contribution >= 0.6 is 0 Å². The highest BCUT2D eigenvalue weighted by molar-refractivity contribution is 5.82. The van der Waals surface area contributed by atoms with E-state index in [4.69, 9.17) is 14.7 Å². The number of nitrogens with zero attached hydrogens (tertiary/aromatic N) is 2. The number of unbranched alkanes of at least 4 members (excludes halogenated alkanes) is 1. The van der Waals surface area contributed by atoms with Crippen molar-refractivity contribution in [2.24, 2.45) is 0 Å². The van der Waals surface area contributed by atoms with Crippen LogP contribution in [-0.2, 0) is 10.8 Å². The van der Waals surface area contributed by atoms with Crippen molar-refractivity contribution in [2.75, 3.05) is 7.11 Å². The van der Waals surface area contributed by atoms with Crippen molar-refractivity contribution in [3.63, 3.8) is 0 Å². The Morgan fingerprint density at radius 2 is 1.76 bits per heavy atom. The van der Waals surface area contributed by atoms with Gasteiger partial charge < -0.3 is 4.74 Å². The van der Waals surface area contributed by atoms with Gasteiger partial charge in [0.05, 0.1) is 18.3 Å². The van der Waals surface area contributed by atoms with Gasteiger partial charge in [0.2, 0.25) is 0 Å². The van der Waals surface area contributed by atoms with Crippen molar-refractivity contribution in [3.05, 3.63) is 29.6 Å². The maximum absolute atomic E-state index is 5.69. The number of rotatable bonds is 8. The van der Waals surface area contributed by atoms with E-state index in [-0.39, 0.29) is 10.8 Å². The van der Waals surface area contributed by atoms with Crippen LogP contribution in [-0.4, -0.2) is 17.1 Å². The second kappa shape index (κ2) is 7.72. The van der Waals surface area contributed by atoms with Gasteiger partial charge in [-0.2, -0.15) is 0 Å². The fourth-order valence-electron chi connectivity index (χ4n) is 3.18. The molecule has 0 saturated carbocycles. The van der Waals surface area contributed by atoms with Crippen LogP contribution in [0.15, 0.2) is 18.3 Å². The van der Waals surface area contributed by atoms with E-state index < -0.39 is 0 Å². The van der Waals surface area contributed by atoms with Crippen molar-refractivity contribution in [3.8, 4) is 5.75 Å². The molecule has 1 heterocycles. The first-order chi connectivity index (χ1) is 11.8. The van der Waals surface area contributed by atoms with Gasteiger partial charge in [0.25, 0.3) is 0 Å². The van der Waals surface area contributed by atoms with Crippen LogP contribution < -0.4 is 4.74 Å². The van der Waals surface area contributed by atoms with Crippen molar-refractivity contribution < 1.29 is 4.74 Å². The molecule has 0 aliphatic carbocycles. The molecule has 138 valence electrons. The molecule has 0 bridgehead atoms. The minimum absolute atomic E-state index is 0.0730. The SMILES string of the molecule is CCCCC(C)(CC)c1cnc2cc(C(C)(C)CC)cc(OC)c2n1. The third-order valence-corrected chi connectivity index (χ3v) is 5.98. The van der Waals surface area contributed by atoms with Gasteiger partial charge in [-0.1, -0.05) is 54.4 Å². The Kier molecular flexibility index (Phi) is 6.08. The summed E-state index contributed by atoms with van der Waals surface area (Å²) in [5, 5.41) is 0. The smallest absolute Gasteiger partial charge is 0.147 e. The summed E-state index contributed by atoms with van der Waals surface area (Å²) < 4.78 is 5.69. The summed E-state index contributed by atoms with van der Waals surface area (Å²) in [6.07, 6.45) is 7.67. The van der Waals surface area contributed by atoms with E-state index in [2.05, 4.69) is 53.7 Å². The molecule has 0 aliphatic rings. The summed E-state index contributed by atoms with van der Waals surface area (Å²) in [5.74, 6) is 0.831. The normalized spacial score (nSPS) is 14.5. The highest BCUT2D eigenvalue weighted by Gasteiger charge is 2.27. The van der Waals surface area contributed by atoms with E-state index in [0.717, 1.165) is 41.7 Å². The Morgan fingerprint density at radius 3 is 2.32 bits per heavy atom. The molecular formula is C22H34N2O. The molecule has 1 aromatic heterocycles. The Balaban J connectivity index is 2.58. The van der Waals surface area contributed by atoms with Crippen molar-refractivity contribution in [2.45, 2.75) is 84.5 Å². The third kappa shape index (κ3) is 3.96. The molecule has 0 aliphatic heterocycles. The van der Waals surface area contributed by atoms with Crippen LogP contribution in [0.25, 0.3) is 11.0 Å². The summed E-state index contributed by atoms with van der Waals surface area (Å²) in [5.41, 5.74) is 4.31. The first-order valence-corrected chi connectivity index (χ1v) is 9.67. The summed E-state index contributed by atoms with van der Waals surface area (Å²) in [6, 6.07) is 4.31. The number of hydrogen-bond donors (Lipinski definition) is 0. The number of ether oxygens (including phenoxy) is 1. The lowest BCUT2D eigenvalue weighted by molar-refractivity contribution is 0.390. The molecule has 3 heteroatoms. The van der Waals surface area contributed by atoms with E-state index >= 15 is 0 Å². The third-order valence-electron chi connectivity index (χ3n) is 5.98. The van der Waals surface area contributed by atoms with Crippen molar-refractivity contribution in [1.29, 1.82) is 0 Å². The molecular weight excluding hydrogens is 308 g/mol. The molecule has 2 aromatic rings. The van der Waals surface area contributed by atoms with Crippen molar-refractivity contribution >= 4 is 11.0 Å². The zero-order valence-electron chi connectivity index (χ0n) is 17.1. The van der Waals surface area contributed by atoms with Gasteiger partial charge >= 0.3 is 0 Å². The highest BCUT2D eigenvalue weighted by atomic mass is 16.5. The van der Waals surface area contributed by atoms with Crippen LogP contribution in [0.5, 0.6) is 5.75 Å². The topological polar surface area (TPSA) is 35.0 Å². The van der Waals surface area contributed by atoms with E-state index in [9.17, 15) is 0 Å². The Morgan fingerprint density at radius 1 is 1.04 bits per heavy atom. The first-order valence-electron chi connectivity index (χ1n) is 9.67. The maximum Gasteiger partial charge on any atom is 0.147 e. The molecule has 0 amide bonds. The fourth-order valence-corrected chi connectivity index (χ4v) is 3.18. The van der Waals surface area contributed by atoms with Crippen LogP contribution in [0.4, 0.5) is 0 Å². The molecule has 0 spiro atoms. The Labute approximate surface area is 153 Å². The van der Waals surface area contributed by atoms with Gasteiger partial charge in [-0.25, -0.2) is 4.98 Å². The largest absolute Gasteiger partial charge is 0.494 e. The minimum Gasteiger partial charge on any atom is -0.494 e. The van der Waals surface area contributed by atoms with Gasteiger partial charge in [0.15, 0.2) is 0 Å². The van der Waals surface area contributed by atoms with Crippen molar-refractivity contribution in [1.82, 2.24) is 9.97 Å². The zero-order chi connectivity index (χ0) is 18.7. The predicted molar refractivity (Wildman–Crippen MR) is 107 cm³/mol. The van der Waals surface area contributed by atoms with E-state index in [1.807, 2.05) is 6.20 Å². The molecule has 0 radical (unpaired) electrons.